The van der Waals surface area contributed by atoms with E-state index in [-0.39, 0.29) is 11.8 Å². The smallest absolute Gasteiger partial charge is 0.126 e. The first-order valence-corrected chi connectivity index (χ1v) is 7.47. The van der Waals surface area contributed by atoms with Gasteiger partial charge in [-0.25, -0.2) is 0 Å². The molecule has 1 aliphatic rings. The van der Waals surface area contributed by atoms with Gasteiger partial charge in [0.1, 0.15) is 5.75 Å². The summed E-state index contributed by atoms with van der Waals surface area (Å²) in [6, 6.07) is 11.6. The molecular weight excluding hydrogens is 318 g/mol. The molecule has 3 rings (SSSR count). The normalized spacial score (nSPS) is 22.8. The van der Waals surface area contributed by atoms with Crippen LogP contribution in [0.5, 0.6) is 5.75 Å². The van der Waals surface area contributed by atoms with Gasteiger partial charge in [0, 0.05) is 33.8 Å². The number of pyridine rings is 1. The van der Waals surface area contributed by atoms with E-state index in [2.05, 4.69) is 27.8 Å². The fourth-order valence-corrected chi connectivity index (χ4v) is 3.01. The summed E-state index contributed by atoms with van der Waals surface area (Å²) >= 11 is 3.42. The van der Waals surface area contributed by atoms with E-state index in [0.29, 0.717) is 6.61 Å². The number of ether oxygens (including phenoxy) is 1. The Morgan fingerprint density at radius 1 is 1.35 bits per heavy atom. The molecule has 104 valence electrons. The number of aliphatic hydroxyl groups is 1. The molecule has 1 aliphatic heterocycles. The van der Waals surface area contributed by atoms with Gasteiger partial charge >= 0.3 is 0 Å². The molecule has 3 atom stereocenters. The quantitative estimate of drug-likeness (QED) is 0.911. The number of nitrogens with zero attached hydrogens (tertiary/aromatic N) is 1. The van der Waals surface area contributed by atoms with Crippen molar-refractivity contribution in [1.29, 1.82) is 0 Å². The highest BCUT2D eigenvalue weighted by Crippen LogP contribution is 2.42. The monoisotopic (exact) mass is 333 g/mol. The Kier molecular flexibility index (Phi) is 3.76. The molecule has 0 spiro atoms. The first kappa shape index (κ1) is 13.6. The van der Waals surface area contributed by atoms with Gasteiger partial charge < -0.3 is 9.84 Å². The maximum atomic E-state index is 10.6. The van der Waals surface area contributed by atoms with Crippen LogP contribution in [0.3, 0.4) is 0 Å². The van der Waals surface area contributed by atoms with E-state index in [1.54, 1.807) is 6.20 Å². The number of rotatable bonds is 2. The molecule has 1 aromatic carbocycles. The fraction of sp³-hybridized carbons (Fsp3) is 0.312. The first-order valence-electron chi connectivity index (χ1n) is 6.68. The lowest BCUT2D eigenvalue weighted by Gasteiger charge is -2.34. The number of hydrogen-bond acceptors (Lipinski definition) is 3. The molecule has 3 nitrogen and oxygen atoms in total. The summed E-state index contributed by atoms with van der Waals surface area (Å²) in [5.41, 5.74) is 1.84. The maximum absolute atomic E-state index is 10.6. The molecule has 0 saturated heterocycles. The van der Waals surface area contributed by atoms with E-state index < -0.39 is 6.10 Å². The number of hydrogen-bond donors (Lipinski definition) is 1. The molecule has 0 amide bonds. The summed E-state index contributed by atoms with van der Waals surface area (Å²) in [6.45, 7) is 2.59. The standard InChI is InChI=1S/C16H16BrNO2/c1-10(14-4-2-3-7-18-14)13-9-20-15-8-11(17)5-6-12(15)16(13)19/h2-8,10,13,16,19H,9H2,1H3/t10?,13-,16-/m1/s1. The average molecular weight is 334 g/mol. The predicted molar refractivity (Wildman–Crippen MR) is 80.7 cm³/mol. The number of benzene rings is 1. The van der Waals surface area contributed by atoms with E-state index in [9.17, 15) is 5.11 Å². The molecule has 4 heteroatoms. The van der Waals surface area contributed by atoms with Crippen LogP contribution in [0.2, 0.25) is 0 Å². The van der Waals surface area contributed by atoms with E-state index in [4.69, 9.17) is 4.74 Å². The highest BCUT2D eigenvalue weighted by atomic mass is 79.9. The van der Waals surface area contributed by atoms with Crippen LogP contribution in [0.4, 0.5) is 0 Å². The van der Waals surface area contributed by atoms with E-state index in [1.807, 2.05) is 36.4 Å². The summed E-state index contributed by atoms with van der Waals surface area (Å²) in [7, 11) is 0. The van der Waals surface area contributed by atoms with Gasteiger partial charge in [-0.1, -0.05) is 35.0 Å². The van der Waals surface area contributed by atoms with Crippen LogP contribution < -0.4 is 4.74 Å². The Hall–Kier alpha value is -1.39. The SMILES string of the molecule is CC(c1ccccn1)[C@H]1COc2cc(Br)ccc2[C@H]1O. The molecule has 0 saturated carbocycles. The van der Waals surface area contributed by atoms with Crippen LogP contribution in [-0.2, 0) is 0 Å². The Morgan fingerprint density at radius 3 is 2.95 bits per heavy atom. The third-order valence-corrected chi connectivity index (χ3v) is 4.42. The van der Waals surface area contributed by atoms with Crippen LogP contribution in [0.1, 0.15) is 30.2 Å². The number of aliphatic hydroxyl groups excluding tert-OH is 1. The highest BCUT2D eigenvalue weighted by molar-refractivity contribution is 9.10. The van der Waals surface area contributed by atoms with Gasteiger partial charge in [-0.15, -0.1) is 0 Å². The minimum absolute atomic E-state index is 0.0126. The Morgan fingerprint density at radius 2 is 2.20 bits per heavy atom. The molecule has 1 N–H and O–H groups in total. The summed E-state index contributed by atoms with van der Waals surface area (Å²) in [4.78, 5) is 4.38. The van der Waals surface area contributed by atoms with Crippen molar-refractivity contribution in [3.63, 3.8) is 0 Å². The summed E-state index contributed by atoms with van der Waals surface area (Å²) in [6.07, 6.45) is 1.26. The molecule has 2 heterocycles. The van der Waals surface area contributed by atoms with Gasteiger partial charge in [-0.2, -0.15) is 0 Å². The Balaban J connectivity index is 1.88. The Bertz CT molecular complexity index is 603. The van der Waals surface area contributed by atoms with Crippen LogP contribution in [0.15, 0.2) is 47.1 Å². The largest absolute Gasteiger partial charge is 0.493 e. The van der Waals surface area contributed by atoms with Crippen molar-refractivity contribution >= 4 is 15.9 Å². The zero-order valence-electron chi connectivity index (χ0n) is 11.2. The van der Waals surface area contributed by atoms with Crippen molar-refractivity contribution in [3.8, 4) is 5.75 Å². The van der Waals surface area contributed by atoms with Gasteiger partial charge in [-0.3, -0.25) is 4.98 Å². The van der Waals surface area contributed by atoms with Crippen molar-refractivity contribution in [1.82, 2.24) is 4.98 Å². The third kappa shape index (κ3) is 2.45. The summed E-state index contributed by atoms with van der Waals surface area (Å²) < 4.78 is 6.77. The molecule has 2 aromatic rings. The second kappa shape index (κ2) is 5.54. The lowest BCUT2D eigenvalue weighted by molar-refractivity contribution is 0.0378. The van der Waals surface area contributed by atoms with Crippen molar-refractivity contribution in [2.75, 3.05) is 6.61 Å². The number of aromatic nitrogens is 1. The van der Waals surface area contributed by atoms with Gasteiger partial charge in [0.25, 0.3) is 0 Å². The summed E-state index contributed by atoms with van der Waals surface area (Å²) in [5.74, 6) is 0.915. The van der Waals surface area contributed by atoms with Crippen molar-refractivity contribution < 1.29 is 9.84 Å². The number of fused-ring (bicyclic) bond motifs is 1. The first-order chi connectivity index (χ1) is 9.66. The van der Waals surface area contributed by atoms with Gasteiger partial charge in [0.2, 0.25) is 0 Å². The summed E-state index contributed by atoms with van der Waals surface area (Å²) in [5, 5.41) is 10.6. The van der Waals surface area contributed by atoms with E-state index in [0.717, 1.165) is 21.5 Å². The molecule has 20 heavy (non-hydrogen) atoms. The van der Waals surface area contributed by atoms with Crippen LogP contribution in [0, 0.1) is 5.92 Å². The van der Waals surface area contributed by atoms with Crippen LogP contribution in [0.25, 0.3) is 0 Å². The van der Waals surface area contributed by atoms with Crippen molar-refractivity contribution in [3.05, 3.63) is 58.3 Å². The zero-order chi connectivity index (χ0) is 14.1. The van der Waals surface area contributed by atoms with Crippen LogP contribution in [-0.4, -0.2) is 16.7 Å². The highest BCUT2D eigenvalue weighted by Gasteiger charge is 2.34. The molecule has 0 fully saturated rings. The van der Waals surface area contributed by atoms with E-state index in [1.165, 1.54) is 0 Å². The molecule has 0 radical (unpaired) electrons. The lowest BCUT2D eigenvalue weighted by atomic mass is 9.82. The third-order valence-electron chi connectivity index (χ3n) is 3.93. The molecule has 1 unspecified atom stereocenters. The van der Waals surface area contributed by atoms with Gasteiger partial charge in [0.15, 0.2) is 0 Å². The fourth-order valence-electron chi connectivity index (χ4n) is 2.67. The molecule has 1 aromatic heterocycles. The molecular formula is C16H16BrNO2. The van der Waals surface area contributed by atoms with E-state index >= 15 is 0 Å². The lowest BCUT2D eigenvalue weighted by Crippen LogP contribution is -2.30. The minimum atomic E-state index is -0.524. The Labute approximate surface area is 126 Å². The average Bonchev–Trinajstić information content (AvgIpc) is 2.48. The second-order valence-electron chi connectivity index (χ2n) is 5.15. The predicted octanol–water partition coefficient (Wildman–Crippen LogP) is 3.69. The topological polar surface area (TPSA) is 42.4 Å². The maximum Gasteiger partial charge on any atom is 0.126 e. The minimum Gasteiger partial charge on any atom is -0.493 e. The molecule has 0 aliphatic carbocycles. The number of halogens is 1. The van der Waals surface area contributed by atoms with Crippen molar-refractivity contribution in [2.45, 2.75) is 18.9 Å². The van der Waals surface area contributed by atoms with Crippen LogP contribution >= 0.6 is 15.9 Å². The van der Waals surface area contributed by atoms with Gasteiger partial charge in [0.05, 0.1) is 12.7 Å². The second-order valence-corrected chi connectivity index (χ2v) is 6.06. The zero-order valence-corrected chi connectivity index (χ0v) is 12.7. The molecule has 0 bridgehead atoms. The van der Waals surface area contributed by atoms with Gasteiger partial charge in [-0.05, 0) is 24.3 Å². The van der Waals surface area contributed by atoms with Crippen molar-refractivity contribution in [2.24, 2.45) is 5.92 Å².